The van der Waals surface area contributed by atoms with Crippen molar-refractivity contribution in [2.24, 2.45) is 0 Å². The molecule has 6 heteroatoms. The molecule has 14 aromatic rings. The predicted octanol–water partition coefficient (Wildman–Crippen LogP) is 24.0. The highest BCUT2D eigenvalue weighted by Crippen LogP contribution is 2.60. The van der Waals surface area contributed by atoms with Gasteiger partial charge in [0, 0.05) is 45.6 Å². The van der Waals surface area contributed by atoms with Gasteiger partial charge in [-0.05, 0) is 215 Å². The summed E-state index contributed by atoms with van der Waals surface area (Å²) >= 11 is 0. The highest BCUT2D eigenvalue weighted by molar-refractivity contribution is 7.02. The van der Waals surface area contributed by atoms with E-state index >= 15 is 0 Å². The van der Waals surface area contributed by atoms with Crippen LogP contribution in [0.3, 0.4) is 0 Å². The molecule has 111 heavy (non-hydrogen) atoms. The molecule has 0 bridgehead atoms. The number of benzene rings is 14. The molecule has 0 N–H and O–H groups in total. The van der Waals surface area contributed by atoms with Crippen LogP contribution in [0.25, 0.3) is 55.6 Å². The molecule has 0 saturated heterocycles. The fourth-order valence-electron chi connectivity index (χ4n) is 18.1. The van der Waals surface area contributed by atoms with E-state index in [0.29, 0.717) is 56.4 Å². The van der Waals surface area contributed by atoms with Gasteiger partial charge in [-0.15, -0.1) is 0 Å². The van der Waals surface area contributed by atoms with Gasteiger partial charge in [0.05, 0.1) is 24.8 Å². The number of hydrogen-bond donors (Lipinski definition) is 0. The van der Waals surface area contributed by atoms with Gasteiger partial charge in [0.2, 0.25) is 0 Å². The molecule has 0 unspecified atom stereocenters. The minimum absolute atomic E-state index is 0.197. The molecule has 0 fully saturated rings. The van der Waals surface area contributed by atoms with E-state index in [1.807, 2.05) is 36.4 Å². The number of fused-ring (bicyclic) bond motifs is 11. The first-order valence-electron chi connectivity index (χ1n) is 44.0. The summed E-state index contributed by atoms with van der Waals surface area (Å²) in [7, 11) is 0. The second-order valence-corrected chi connectivity index (χ2v) is 36.1. The zero-order valence-corrected chi connectivity index (χ0v) is 65.9. The van der Waals surface area contributed by atoms with Crippen LogP contribution in [0.15, 0.2) is 297 Å². The van der Waals surface area contributed by atoms with Crippen LogP contribution in [0, 0.1) is 0 Å². The maximum Gasteiger partial charge on any atom is 0.256 e. The number of para-hydroxylation sites is 2. The molecule has 542 valence electrons. The summed E-state index contributed by atoms with van der Waals surface area (Å²) in [6.07, 6.45) is 0. The Labute approximate surface area is 671 Å². The van der Waals surface area contributed by atoms with Gasteiger partial charge < -0.3 is 19.3 Å². The quantitative estimate of drug-likeness (QED) is 0.142. The van der Waals surface area contributed by atoms with Crippen LogP contribution >= 0.6 is 0 Å². The Morgan fingerprint density at radius 3 is 1.22 bits per heavy atom. The van der Waals surface area contributed by atoms with Gasteiger partial charge in [0.25, 0.3) is 13.4 Å². The van der Waals surface area contributed by atoms with Crippen molar-refractivity contribution in [1.29, 1.82) is 0 Å². The molecule has 0 amide bonds. The second kappa shape index (κ2) is 25.2. The van der Waals surface area contributed by atoms with Crippen LogP contribution < -0.4 is 52.1 Å². The van der Waals surface area contributed by atoms with E-state index in [-0.39, 0.29) is 44.9 Å². The smallest absolute Gasteiger partial charge is 0.256 e. The summed E-state index contributed by atoms with van der Waals surface area (Å²) in [5.41, 5.74) is 23.2. The summed E-state index contributed by atoms with van der Waals surface area (Å²) in [6.45, 7) is 33.2. The molecule has 0 spiro atoms. The molecule has 0 radical (unpaired) electrons. The fourth-order valence-corrected chi connectivity index (χ4v) is 18.1. The van der Waals surface area contributed by atoms with E-state index in [1.165, 1.54) is 16.7 Å². The van der Waals surface area contributed by atoms with Crippen LogP contribution in [0.2, 0.25) is 0 Å². The largest absolute Gasteiger partial charge is 0.458 e. The molecule has 1 aliphatic carbocycles. The molecule has 0 aromatic heterocycles. The monoisotopic (exact) mass is 1450 g/mol. The summed E-state index contributed by atoms with van der Waals surface area (Å²) in [6, 6.07) is 78.6. The first kappa shape index (κ1) is 59.3. The molecular weight excluding hydrogens is 1340 g/mol. The van der Waals surface area contributed by atoms with E-state index < -0.39 is 72.6 Å². The Morgan fingerprint density at radius 1 is 0.297 bits per heavy atom. The summed E-state index contributed by atoms with van der Waals surface area (Å²) in [4.78, 5) is 4.91. The predicted molar refractivity (Wildman–Crippen MR) is 471 cm³/mol. The van der Waals surface area contributed by atoms with Gasteiger partial charge in [-0.25, -0.2) is 0 Å². The summed E-state index contributed by atoms with van der Waals surface area (Å²) in [5, 5.41) is 0. The van der Waals surface area contributed by atoms with E-state index in [9.17, 15) is 11.0 Å². The van der Waals surface area contributed by atoms with Crippen molar-refractivity contribution >= 4 is 80.3 Å². The highest BCUT2D eigenvalue weighted by atomic mass is 16.5. The maximum absolute atomic E-state index is 10.1. The van der Waals surface area contributed by atoms with Crippen molar-refractivity contribution < 1.29 is 23.2 Å². The third-order valence-corrected chi connectivity index (χ3v) is 23.9. The Kier molecular flexibility index (Phi) is 13.5. The van der Waals surface area contributed by atoms with Crippen LogP contribution in [0.1, 0.15) is 168 Å². The van der Waals surface area contributed by atoms with Gasteiger partial charge in [-0.3, -0.25) is 0 Å². The first-order chi connectivity index (χ1) is 57.3. The molecule has 4 aliphatic heterocycles. The van der Waals surface area contributed by atoms with Crippen molar-refractivity contribution in [2.75, 3.05) is 9.80 Å². The Morgan fingerprint density at radius 2 is 0.703 bits per heavy atom. The van der Waals surface area contributed by atoms with Gasteiger partial charge in [-0.1, -0.05) is 334 Å². The van der Waals surface area contributed by atoms with E-state index in [4.69, 9.17) is 12.2 Å². The van der Waals surface area contributed by atoms with E-state index in [0.717, 1.165) is 111 Å². The van der Waals surface area contributed by atoms with Gasteiger partial charge in [-0.2, -0.15) is 0 Å². The topological polar surface area (TPSA) is 24.9 Å². The van der Waals surface area contributed by atoms with E-state index in [2.05, 4.69) is 302 Å². The zero-order chi connectivity index (χ0) is 85.3. The molecule has 4 nitrogen and oxygen atoms in total. The van der Waals surface area contributed by atoms with Gasteiger partial charge >= 0.3 is 0 Å². The first-order valence-corrected chi connectivity index (χ1v) is 39.0. The minimum Gasteiger partial charge on any atom is -0.458 e. The zero-order valence-electron chi connectivity index (χ0n) is 75.9. The lowest BCUT2D eigenvalue weighted by Crippen LogP contribution is -2.63. The van der Waals surface area contributed by atoms with E-state index in [1.54, 1.807) is 12.1 Å². The maximum atomic E-state index is 10.1. The lowest BCUT2D eigenvalue weighted by molar-refractivity contribution is 0.466. The van der Waals surface area contributed by atoms with Crippen LogP contribution in [0.4, 0.5) is 34.1 Å². The standard InChI is InChI=1S/C105H94B2N2O2/c1-100(2,3)72-51-67(52-73(57-72)101(4,5)6)68-53-91-98-94(55-68)110-92-64-93-86(63-87(92)107(98)85-48-31-33-50-89(85)109(91)99-81(65-35-20-16-21-36-65)61-76(104(13,14)15)62-82(99)66-37-22-17-23-38-66)106-84-47-30-32-49-88(84)108(77-59-74(102(7,8)9)58-75(60-77)103(10,11)12)90-54-69(56-95(111-93)97(90)106)78-44-34-45-80-79-43-28-29-46-83(79)105(96(78)80,70-39-24-18-25-40-70)71-41-26-19-27-42-71/h16-64H,1-15H3/i18D,19D,24D,25D,26D,27D,39D,40D,41D,42D. The highest BCUT2D eigenvalue weighted by Gasteiger charge is 2.51. The van der Waals surface area contributed by atoms with Crippen molar-refractivity contribution in [2.45, 2.75) is 136 Å². The summed E-state index contributed by atoms with van der Waals surface area (Å²) < 4.78 is 112. The number of ether oxygens (including phenoxy) is 2. The molecule has 19 rings (SSSR count). The van der Waals surface area contributed by atoms with Crippen molar-refractivity contribution in [3.8, 4) is 78.6 Å². The molecule has 0 atom stereocenters. The number of anilines is 6. The molecule has 5 aliphatic rings. The third kappa shape index (κ3) is 11.2. The average Bonchev–Trinajstić information content (AvgIpc) is 1.60. The third-order valence-electron chi connectivity index (χ3n) is 23.9. The lowest BCUT2D eigenvalue weighted by Gasteiger charge is -2.43. The van der Waals surface area contributed by atoms with Crippen molar-refractivity contribution in [3.63, 3.8) is 0 Å². The van der Waals surface area contributed by atoms with Crippen LogP contribution in [-0.4, -0.2) is 13.4 Å². The van der Waals surface area contributed by atoms with Crippen molar-refractivity contribution in [1.82, 2.24) is 0 Å². The Balaban J connectivity index is 0.904. The second-order valence-electron chi connectivity index (χ2n) is 36.1. The molecule has 4 heterocycles. The van der Waals surface area contributed by atoms with Gasteiger partial charge in [0.1, 0.15) is 23.0 Å². The number of nitrogens with zero attached hydrogens (tertiary/aromatic N) is 2. The normalized spacial score (nSPS) is 15.5. The molecule has 0 saturated carbocycles. The molecule has 14 aromatic carbocycles. The lowest BCUT2D eigenvalue weighted by atomic mass is 9.31. The molecular formula is C105H94B2N2O2. The SMILES string of the molecule is [2H]c1c([2H])c([2H])c(C2(c3c([2H])c([2H])c([2H])c([2H])c3[2H])c3ccccc3-c3cccc(-c4cc5c6c(c4)N(c4cc(C(C)(C)C)cc(C(C)(C)C)c4)c4ccccc4B6c4cc6c(cc4O5)Oc4cc(-c5cc(C(C)(C)C)cc(C(C)(C)C)c5)cc5c4B6c4ccccc4N5c4c(-c5ccccc5)cc(C(C)(C)C)cc4-c4ccccc4)c32)c([2H])c1[2H]. The van der Waals surface area contributed by atoms with Crippen LogP contribution in [0.5, 0.6) is 23.0 Å². The number of hydrogen-bond acceptors (Lipinski definition) is 4. The fraction of sp³-hybridized carbons (Fsp3) is 0.200. The van der Waals surface area contributed by atoms with Crippen molar-refractivity contribution in [3.05, 3.63) is 347 Å². The Bertz CT molecular complexity index is 6530. The van der Waals surface area contributed by atoms with Crippen LogP contribution in [-0.2, 0) is 32.5 Å². The number of rotatable bonds is 8. The minimum atomic E-state index is -2.15. The van der Waals surface area contributed by atoms with Gasteiger partial charge in [0.15, 0.2) is 0 Å². The average molecular weight is 1450 g/mol. The summed E-state index contributed by atoms with van der Waals surface area (Å²) in [5.74, 6) is 2.43. The Hall–Kier alpha value is -11.6.